The zero-order valence-electron chi connectivity index (χ0n) is 18.7. The normalized spacial score (nSPS) is 19.0. The highest BCUT2D eigenvalue weighted by Gasteiger charge is 2.26. The summed E-state index contributed by atoms with van der Waals surface area (Å²) in [5, 5.41) is 0. The van der Waals surface area contributed by atoms with Crippen molar-refractivity contribution in [3.8, 4) is 0 Å². The molecule has 3 heterocycles. The van der Waals surface area contributed by atoms with E-state index in [2.05, 4.69) is 16.5 Å². The van der Waals surface area contributed by atoms with E-state index in [1.165, 1.54) is 0 Å². The maximum Gasteiger partial charge on any atom is 0.253 e. The van der Waals surface area contributed by atoms with Gasteiger partial charge in [-0.25, -0.2) is 4.98 Å². The van der Waals surface area contributed by atoms with Gasteiger partial charge in [0.05, 0.1) is 0 Å². The van der Waals surface area contributed by atoms with Crippen LogP contribution in [-0.2, 0) is 4.79 Å². The maximum atomic E-state index is 12.9. The van der Waals surface area contributed by atoms with E-state index in [-0.39, 0.29) is 11.8 Å². The lowest BCUT2D eigenvalue weighted by molar-refractivity contribution is -0.131. The van der Waals surface area contributed by atoms with E-state index in [1.807, 2.05) is 52.3 Å². The zero-order valence-corrected chi connectivity index (χ0v) is 18.7. The molecule has 1 aromatic carbocycles. The van der Waals surface area contributed by atoms with E-state index in [1.54, 1.807) is 12.3 Å². The number of amides is 2. The predicted molar refractivity (Wildman–Crippen MR) is 127 cm³/mol. The van der Waals surface area contributed by atoms with E-state index in [9.17, 15) is 9.59 Å². The average Bonchev–Trinajstić information content (AvgIpc) is 2.87. The van der Waals surface area contributed by atoms with Crippen LogP contribution in [0.4, 0.5) is 5.82 Å². The lowest BCUT2D eigenvalue weighted by Gasteiger charge is -2.36. The number of hydrogen-bond acceptors (Lipinski definition) is 4. The molecule has 0 radical (unpaired) electrons. The molecule has 2 fully saturated rings. The van der Waals surface area contributed by atoms with Crippen molar-refractivity contribution in [3.05, 3.63) is 66.4 Å². The van der Waals surface area contributed by atoms with Crippen LogP contribution < -0.4 is 4.90 Å². The van der Waals surface area contributed by atoms with Crippen molar-refractivity contribution in [2.45, 2.75) is 25.7 Å². The average molecular weight is 433 g/mol. The number of benzene rings is 1. The van der Waals surface area contributed by atoms with Gasteiger partial charge in [-0.15, -0.1) is 0 Å². The summed E-state index contributed by atoms with van der Waals surface area (Å²) < 4.78 is 0. The first kappa shape index (κ1) is 22.1. The summed E-state index contributed by atoms with van der Waals surface area (Å²) in [5.74, 6) is 1.68. The van der Waals surface area contributed by atoms with Crippen molar-refractivity contribution < 1.29 is 9.59 Å². The lowest BCUT2D eigenvalue weighted by Crippen LogP contribution is -2.49. The van der Waals surface area contributed by atoms with Gasteiger partial charge in [0.15, 0.2) is 0 Å². The molecule has 2 aliphatic rings. The molecule has 2 amide bonds. The summed E-state index contributed by atoms with van der Waals surface area (Å²) in [6, 6.07) is 13.5. The second-order valence-corrected chi connectivity index (χ2v) is 8.68. The Balaban J connectivity index is 1.23. The molecule has 1 aromatic heterocycles. The molecule has 2 saturated heterocycles. The Bertz CT molecular complexity index is 921. The largest absolute Gasteiger partial charge is 0.353 e. The summed E-state index contributed by atoms with van der Waals surface area (Å²) >= 11 is 0. The Hall–Kier alpha value is -3.15. The lowest BCUT2D eigenvalue weighted by atomic mass is 9.92. The van der Waals surface area contributed by atoms with Gasteiger partial charge in [0.1, 0.15) is 5.82 Å². The van der Waals surface area contributed by atoms with Crippen LogP contribution >= 0.6 is 0 Å². The van der Waals surface area contributed by atoms with Gasteiger partial charge >= 0.3 is 0 Å². The summed E-state index contributed by atoms with van der Waals surface area (Å²) in [6.45, 7) is 8.41. The van der Waals surface area contributed by atoms with Crippen LogP contribution in [-0.4, -0.2) is 65.9 Å². The van der Waals surface area contributed by atoms with Gasteiger partial charge in [-0.2, -0.15) is 0 Å². The fraction of sp³-hybridized carbons (Fsp3) is 0.423. The molecule has 6 heteroatoms. The van der Waals surface area contributed by atoms with Gasteiger partial charge in [0.2, 0.25) is 5.91 Å². The number of hydrogen-bond donors (Lipinski definition) is 0. The van der Waals surface area contributed by atoms with E-state index < -0.39 is 0 Å². The summed E-state index contributed by atoms with van der Waals surface area (Å²) in [4.78, 5) is 36.2. The van der Waals surface area contributed by atoms with Crippen LogP contribution in [0.15, 0.2) is 55.2 Å². The van der Waals surface area contributed by atoms with Gasteiger partial charge in [-0.05, 0) is 55.0 Å². The SMILES string of the molecule is C=Cc1ccc(C(=O)N2CCC[C@@H](CCC(=O)N3CCN(c4ccccn4)CC3)C2)cc1. The molecule has 4 rings (SSSR count). The minimum absolute atomic E-state index is 0.0854. The number of carbonyl (C=O) groups is 2. The number of likely N-dealkylation sites (tertiary alicyclic amines) is 1. The smallest absolute Gasteiger partial charge is 0.253 e. The maximum absolute atomic E-state index is 12.9. The van der Waals surface area contributed by atoms with Gasteiger partial charge in [-0.1, -0.05) is 30.9 Å². The second-order valence-electron chi connectivity index (χ2n) is 8.68. The van der Waals surface area contributed by atoms with Crippen LogP contribution in [0.1, 0.15) is 41.6 Å². The molecule has 2 aromatic rings. The van der Waals surface area contributed by atoms with Crippen LogP contribution in [0, 0.1) is 5.92 Å². The molecule has 168 valence electrons. The number of aromatic nitrogens is 1. The molecule has 0 spiro atoms. The Labute approximate surface area is 190 Å². The Kier molecular flexibility index (Phi) is 7.20. The highest BCUT2D eigenvalue weighted by molar-refractivity contribution is 5.94. The molecule has 0 aliphatic carbocycles. The predicted octanol–water partition coefficient (Wildman–Crippen LogP) is 3.71. The van der Waals surface area contributed by atoms with Gasteiger partial charge in [0.25, 0.3) is 5.91 Å². The van der Waals surface area contributed by atoms with Crippen molar-refractivity contribution in [2.75, 3.05) is 44.2 Å². The first-order valence-electron chi connectivity index (χ1n) is 11.6. The second kappa shape index (κ2) is 10.4. The third-order valence-electron chi connectivity index (χ3n) is 6.57. The zero-order chi connectivity index (χ0) is 22.3. The van der Waals surface area contributed by atoms with Crippen LogP contribution in [0.3, 0.4) is 0 Å². The topological polar surface area (TPSA) is 56.8 Å². The van der Waals surface area contributed by atoms with Gasteiger partial charge < -0.3 is 14.7 Å². The molecule has 0 bridgehead atoms. The van der Waals surface area contributed by atoms with Crippen molar-refractivity contribution in [3.63, 3.8) is 0 Å². The Morgan fingerprint density at radius 2 is 1.78 bits per heavy atom. The van der Waals surface area contributed by atoms with E-state index >= 15 is 0 Å². The van der Waals surface area contributed by atoms with Crippen molar-refractivity contribution in [2.24, 2.45) is 5.92 Å². The highest BCUT2D eigenvalue weighted by atomic mass is 16.2. The summed E-state index contributed by atoms with van der Waals surface area (Å²) in [5.41, 5.74) is 1.73. The van der Waals surface area contributed by atoms with Crippen LogP contribution in [0.5, 0.6) is 0 Å². The molecule has 0 N–H and O–H groups in total. The Morgan fingerprint density at radius 3 is 2.47 bits per heavy atom. The molecule has 2 aliphatic heterocycles. The van der Waals surface area contributed by atoms with Crippen molar-refractivity contribution in [1.82, 2.24) is 14.8 Å². The quantitative estimate of drug-likeness (QED) is 0.698. The molecule has 0 unspecified atom stereocenters. The number of anilines is 1. The van der Waals surface area contributed by atoms with Crippen LogP contribution in [0.2, 0.25) is 0 Å². The van der Waals surface area contributed by atoms with Crippen molar-refractivity contribution in [1.29, 1.82) is 0 Å². The molecule has 1 atom stereocenters. The standard InChI is InChI=1S/C26H32N4O2/c1-2-21-8-11-23(12-9-21)26(32)30-15-5-6-22(20-30)10-13-25(31)29-18-16-28(17-19-29)24-7-3-4-14-27-24/h2-4,7-9,11-12,14,22H,1,5-6,10,13,15-20H2/t22-/m0/s1. The van der Waals surface area contributed by atoms with Crippen molar-refractivity contribution >= 4 is 23.7 Å². The first-order chi connectivity index (χ1) is 15.6. The number of pyridine rings is 1. The van der Waals surface area contributed by atoms with E-state index in [0.717, 1.165) is 75.5 Å². The first-order valence-corrected chi connectivity index (χ1v) is 11.6. The van der Waals surface area contributed by atoms with Gasteiger partial charge in [0, 0.05) is 57.4 Å². The molecule has 6 nitrogen and oxygen atoms in total. The number of nitrogens with zero attached hydrogens (tertiary/aromatic N) is 4. The molecular formula is C26H32N4O2. The van der Waals surface area contributed by atoms with E-state index in [0.29, 0.717) is 12.3 Å². The number of rotatable bonds is 6. The number of piperazine rings is 1. The summed E-state index contributed by atoms with van der Waals surface area (Å²) in [6.07, 6.45) is 7.07. The number of piperidine rings is 1. The fourth-order valence-corrected chi connectivity index (χ4v) is 4.64. The summed E-state index contributed by atoms with van der Waals surface area (Å²) in [7, 11) is 0. The van der Waals surface area contributed by atoms with Crippen LogP contribution in [0.25, 0.3) is 6.08 Å². The third kappa shape index (κ3) is 5.36. The molecule has 0 saturated carbocycles. The third-order valence-corrected chi connectivity index (χ3v) is 6.57. The highest BCUT2D eigenvalue weighted by Crippen LogP contribution is 2.23. The van der Waals surface area contributed by atoms with Gasteiger partial charge in [-0.3, -0.25) is 9.59 Å². The number of carbonyl (C=O) groups excluding carboxylic acids is 2. The monoisotopic (exact) mass is 432 g/mol. The molecular weight excluding hydrogens is 400 g/mol. The minimum atomic E-state index is 0.0854. The minimum Gasteiger partial charge on any atom is -0.353 e. The fourth-order valence-electron chi connectivity index (χ4n) is 4.64. The van der Waals surface area contributed by atoms with E-state index in [4.69, 9.17) is 0 Å². The Morgan fingerprint density at radius 1 is 1.00 bits per heavy atom. The molecule has 32 heavy (non-hydrogen) atoms.